The number of amides is 2. The number of hydrogen-bond donors (Lipinski definition) is 4. The maximum absolute atomic E-state index is 12.9. The zero-order valence-corrected chi connectivity index (χ0v) is 20.1. The first kappa shape index (κ1) is 25.2. The SMILES string of the molecule is COC(=O)N1c2ccc(C(CN)CNCC3CNCNC3)cc2N(C(=O)OC(C)C)C[C@@H]1C. The summed E-state index contributed by atoms with van der Waals surface area (Å²) in [6.45, 7) is 10.7. The Morgan fingerprint density at radius 3 is 2.58 bits per heavy atom. The Kier molecular flexibility index (Phi) is 8.90. The summed E-state index contributed by atoms with van der Waals surface area (Å²) in [7, 11) is 1.36. The highest BCUT2D eigenvalue weighted by Crippen LogP contribution is 2.38. The van der Waals surface area contributed by atoms with Gasteiger partial charge in [0, 0.05) is 45.3 Å². The lowest BCUT2D eigenvalue weighted by Gasteiger charge is -2.40. The van der Waals surface area contributed by atoms with Crippen LogP contribution in [-0.4, -0.2) is 77.4 Å². The van der Waals surface area contributed by atoms with Crippen LogP contribution in [-0.2, 0) is 9.47 Å². The molecule has 0 spiro atoms. The molecule has 2 atom stereocenters. The fourth-order valence-electron chi connectivity index (χ4n) is 4.37. The Hall–Kier alpha value is -2.40. The highest BCUT2D eigenvalue weighted by molar-refractivity contribution is 6.00. The lowest BCUT2D eigenvalue weighted by Crippen LogP contribution is -2.52. The van der Waals surface area contributed by atoms with Gasteiger partial charge in [0.05, 0.1) is 37.2 Å². The Balaban J connectivity index is 1.83. The molecule has 1 fully saturated rings. The van der Waals surface area contributed by atoms with Gasteiger partial charge in [0.1, 0.15) is 0 Å². The topological polar surface area (TPSA) is 121 Å². The lowest BCUT2D eigenvalue weighted by molar-refractivity contribution is 0.121. The molecule has 5 N–H and O–H groups in total. The molecule has 184 valence electrons. The van der Waals surface area contributed by atoms with Crippen molar-refractivity contribution in [3.63, 3.8) is 0 Å². The first-order valence-corrected chi connectivity index (χ1v) is 11.7. The van der Waals surface area contributed by atoms with Crippen molar-refractivity contribution in [2.75, 3.05) is 62.8 Å². The molecule has 10 nitrogen and oxygen atoms in total. The van der Waals surface area contributed by atoms with Crippen LogP contribution in [0.1, 0.15) is 32.3 Å². The van der Waals surface area contributed by atoms with Gasteiger partial charge in [-0.05, 0) is 44.4 Å². The third-order valence-corrected chi connectivity index (χ3v) is 6.06. The number of fused-ring (bicyclic) bond motifs is 1. The molecule has 10 heteroatoms. The molecule has 1 saturated heterocycles. The van der Waals surface area contributed by atoms with Gasteiger partial charge in [0.15, 0.2) is 0 Å². The molecule has 0 bridgehead atoms. The van der Waals surface area contributed by atoms with E-state index in [-0.39, 0.29) is 18.1 Å². The molecule has 2 heterocycles. The fraction of sp³-hybridized carbons (Fsp3) is 0.652. The normalized spacial score (nSPS) is 19.9. The third kappa shape index (κ3) is 6.14. The van der Waals surface area contributed by atoms with Gasteiger partial charge in [-0.1, -0.05) is 6.07 Å². The molecular formula is C23H38N6O4. The summed E-state index contributed by atoms with van der Waals surface area (Å²) < 4.78 is 10.5. The van der Waals surface area contributed by atoms with E-state index in [0.717, 1.165) is 38.4 Å². The van der Waals surface area contributed by atoms with Gasteiger partial charge in [-0.25, -0.2) is 9.59 Å². The molecule has 1 aromatic rings. The number of rotatable bonds is 7. The number of anilines is 2. The summed E-state index contributed by atoms with van der Waals surface area (Å²) in [4.78, 5) is 28.6. The van der Waals surface area contributed by atoms with Crippen LogP contribution in [0.4, 0.5) is 21.0 Å². The van der Waals surface area contributed by atoms with Gasteiger partial charge in [-0.2, -0.15) is 0 Å². The summed E-state index contributed by atoms with van der Waals surface area (Å²) in [6, 6.07) is 5.52. The Labute approximate surface area is 196 Å². The van der Waals surface area contributed by atoms with Crippen LogP contribution in [0.3, 0.4) is 0 Å². The van der Waals surface area contributed by atoms with Gasteiger partial charge >= 0.3 is 12.2 Å². The van der Waals surface area contributed by atoms with Crippen molar-refractivity contribution in [3.8, 4) is 0 Å². The van der Waals surface area contributed by atoms with Crippen LogP contribution in [0.25, 0.3) is 0 Å². The Bertz CT molecular complexity index is 814. The predicted octanol–water partition coefficient (Wildman–Crippen LogP) is 1.41. The van der Waals surface area contributed by atoms with Crippen molar-refractivity contribution in [2.24, 2.45) is 11.7 Å². The number of carbonyl (C=O) groups excluding carboxylic acids is 2. The van der Waals surface area contributed by atoms with Gasteiger partial charge in [-0.3, -0.25) is 9.80 Å². The van der Waals surface area contributed by atoms with E-state index >= 15 is 0 Å². The minimum Gasteiger partial charge on any atom is -0.452 e. The smallest absolute Gasteiger partial charge is 0.414 e. The number of carbonyl (C=O) groups is 2. The van der Waals surface area contributed by atoms with Gasteiger partial charge in [-0.15, -0.1) is 0 Å². The Morgan fingerprint density at radius 2 is 1.94 bits per heavy atom. The van der Waals surface area contributed by atoms with E-state index in [1.165, 1.54) is 7.11 Å². The van der Waals surface area contributed by atoms with Crippen molar-refractivity contribution in [3.05, 3.63) is 23.8 Å². The van der Waals surface area contributed by atoms with Crippen LogP contribution in [0.15, 0.2) is 18.2 Å². The fourth-order valence-corrected chi connectivity index (χ4v) is 4.37. The third-order valence-electron chi connectivity index (χ3n) is 6.06. The van der Waals surface area contributed by atoms with Crippen LogP contribution in [0, 0.1) is 5.92 Å². The summed E-state index contributed by atoms with van der Waals surface area (Å²) in [5.74, 6) is 0.589. The summed E-state index contributed by atoms with van der Waals surface area (Å²) >= 11 is 0. The summed E-state index contributed by atoms with van der Waals surface area (Å²) in [5.41, 5.74) is 8.37. The van der Waals surface area contributed by atoms with Gasteiger partial charge in [0.2, 0.25) is 0 Å². The molecule has 1 aromatic carbocycles. The molecule has 2 amide bonds. The van der Waals surface area contributed by atoms with Crippen LogP contribution in [0.5, 0.6) is 0 Å². The van der Waals surface area contributed by atoms with E-state index in [1.54, 1.807) is 9.80 Å². The molecule has 1 unspecified atom stereocenters. The molecule has 2 aliphatic rings. The number of nitrogens with one attached hydrogen (secondary N) is 3. The molecule has 33 heavy (non-hydrogen) atoms. The van der Waals surface area contributed by atoms with E-state index in [9.17, 15) is 9.59 Å². The van der Waals surface area contributed by atoms with Crippen LogP contribution >= 0.6 is 0 Å². The maximum Gasteiger partial charge on any atom is 0.414 e. The predicted molar refractivity (Wildman–Crippen MR) is 129 cm³/mol. The number of nitrogens with zero attached hydrogens (tertiary/aromatic N) is 2. The van der Waals surface area contributed by atoms with Gasteiger partial charge < -0.3 is 31.2 Å². The maximum atomic E-state index is 12.9. The largest absolute Gasteiger partial charge is 0.452 e. The van der Waals surface area contributed by atoms with Crippen molar-refractivity contribution < 1.29 is 19.1 Å². The van der Waals surface area contributed by atoms with E-state index in [2.05, 4.69) is 16.0 Å². The lowest BCUT2D eigenvalue weighted by atomic mass is 9.96. The number of hydrogen-bond acceptors (Lipinski definition) is 8. The zero-order chi connectivity index (χ0) is 24.0. The monoisotopic (exact) mass is 462 g/mol. The standard InChI is InChI=1S/C23H38N6O4/c1-15(2)33-22(30)28-13-16(3)29(23(31)32-4)20-6-5-18(7-21(20)28)19(8-24)12-25-9-17-10-26-14-27-11-17/h5-7,15-17,19,25-27H,8-14,24H2,1-4H3/t16-,19?/m0/s1. The van der Waals surface area contributed by atoms with E-state index in [4.69, 9.17) is 15.2 Å². The highest BCUT2D eigenvalue weighted by atomic mass is 16.6. The van der Waals surface area contributed by atoms with Crippen molar-refractivity contribution in [2.45, 2.75) is 38.8 Å². The molecule has 3 rings (SSSR count). The first-order chi connectivity index (χ1) is 15.8. The van der Waals surface area contributed by atoms with Gasteiger partial charge in [0.25, 0.3) is 0 Å². The average Bonchev–Trinajstić information content (AvgIpc) is 2.81. The Morgan fingerprint density at radius 1 is 1.21 bits per heavy atom. The van der Waals surface area contributed by atoms with Crippen molar-refractivity contribution in [1.29, 1.82) is 0 Å². The second-order valence-electron chi connectivity index (χ2n) is 9.02. The first-order valence-electron chi connectivity index (χ1n) is 11.7. The number of methoxy groups -OCH3 is 1. The molecule has 0 radical (unpaired) electrons. The van der Waals surface area contributed by atoms with Crippen LogP contribution < -0.4 is 31.5 Å². The minimum atomic E-state index is -0.458. The second-order valence-corrected chi connectivity index (χ2v) is 9.02. The summed E-state index contributed by atoms with van der Waals surface area (Å²) in [6.07, 6.45) is -1.14. The molecular weight excluding hydrogens is 424 g/mol. The minimum absolute atomic E-state index is 0.0636. The molecule has 0 aliphatic carbocycles. The highest BCUT2D eigenvalue weighted by Gasteiger charge is 2.37. The molecule has 0 saturated carbocycles. The van der Waals surface area contributed by atoms with E-state index in [0.29, 0.717) is 30.4 Å². The molecule has 0 aromatic heterocycles. The van der Waals surface area contributed by atoms with Crippen molar-refractivity contribution >= 4 is 23.6 Å². The number of nitrogens with two attached hydrogens (primary N) is 1. The van der Waals surface area contributed by atoms with Crippen LogP contribution in [0.2, 0.25) is 0 Å². The van der Waals surface area contributed by atoms with Crippen molar-refractivity contribution in [1.82, 2.24) is 16.0 Å². The van der Waals surface area contributed by atoms with E-state index < -0.39 is 12.2 Å². The quantitative estimate of drug-likeness (QED) is 0.480. The summed E-state index contributed by atoms with van der Waals surface area (Å²) in [5, 5.41) is 10.2. The number of benzene rings is 1. The zero-order valence-electron chi connectivity index (χ0n) is 20.1. The second kappa shape index (κ2) is 11.6. The number of ether oxygens (including phenoxy) is 2. The van der Waals surface area contributed by atoms with E-state index in [1.807, 2.05) is 39.0 Å². The average molecular weight is 463 g/mol. The molecule has 2 aliphatic heterocycles.